The number of nitrogens with one attached hydrogen (secondary N) is 1. The van der Waals surface area contributed by atoms with Crippen molar-refractivity contribution in [1.29, 1.82) is 0 Å². The van der Waals surface area contributed by atoms with E-state index in [4.69, 9.17) is 0 Å². The zero-order valence-electron chi connectivity index (χ0n) is 9.15. The molecular weight excluding hydrogens is 208 g/mol. The molecule has 1 aromatic rings. The van der Waals surface area contributed by atoms with Crippen LogP contribution in [0.25, 0.3) is 0 Å². The second kappa shape index (κ2) is 5.51. The molecule has 0 amide bonds. The Hall–Kier alpha value is -0.550. The predicted octanol–water partition coefficient (Wildman–Crippen LogP) is 1.28. The smallest absolute Gasteiger partial charge is 0.146 e. The molecule has 1 N–H and O–H groups in total. The zero-order valence-corrected chi connectivity index (χ0v) is 9.96. The summed E-state index contributed by atoms with van der Waals surface area (Å²) >= 11 is 2.03. The zero-order chi connectivity index (χ0) is 10.5. The summed E-state index contributed by atoms with van der Waals surface area (Å²) in [6.45, 7) is 4.04. The van der Waals surface area contributed by atoms with Crippen molar-refractivity contribution in [2.24, 2.45) is 0 Å². The van der Waals surface area contributed by atoms with Crippen LogP contribution in [-0.2, 0) is 13.1 Å². The summed E-state index contributed by atoms with van der Waals surface area (Å²) in [4.78, 5) is 0. The summed E-state index contributed by atoms with van der Waals surface area (Å²) in [5.74, 6) is 3.59. The van der Waals surface area contributed by atoms with Gasteiger partial charge in [-0.25, -0.2) is 0 Å². The molecule has 2 heterocycles. The van der Waals surface area contributed by atoms with Gasteiger partial charge in [0.15, 0.2) is 0 Å². The van der Waals surface area contributed by atoms with Crippen LogP contribution in [0.1, 0.15) is 25.6 Å². The monoisotopic (exact) mass is 226 g/mol. The molecule has 5 heteroatoms. The van der Waals surface area contributed by atoms with Gasteiger partial charge in [0.25, 0.3) is 0 Å². The van der Waals surface area contributed by atoms with Crippen molar-refractivity contribution in [2.75, 3.05) is 11.5 Å². The maximum absolute atomic E-state index is 4.14. The Kier molecular flexibility index (Phi) is 4.02. The Morgan fingerprint density at radius 2 is 2.60 bits per heavy atom. The lowest BCUT2D eigenvalue weighted by Crippen LogP contribution is -2.29. The first kappa shape index (κ1) is 11.0. The fourth-order valence-electron chi connectivity index (χ4n) is 1.77. The van der Waals surface area contributed by atoms with E-state index >= 15 is 0 Å². The van der Waals surface area contributed by atoms with Gasteiger partial charge in [0.1, 0.15) is 12.2 Å². The van der Waals surface area contributed by atoms with Crippen molar-refractivity contribution in [3.8, 4) is 0 Å². The van der Waals surface area contributed by atoms with Crippen molar-refractivity contribution in [1.82, 2.24) is 20.1 Å². The van der Waals surface area contributed by atoms with Gasteiger partial charge in [0, 0.05) is 18.3 Å². The van der Waals surface area contributed by atoms with Crippen molar-refractivity contribution in [3.05, 3.63) is 12.2 Å². The third-order valence-electron chi connectivity index (χ3n) is 2.64. The van der Waals surface area contributed by atoms with Crippen LogP contribution in [0.15, 0.2) is 6.33 Å². The topological polar surface area (TPSA) is 42.7 Å². The van der Waals surface area contributed by atoms with Gasteiger partial charge in [-0.1, -0.05) is 6.92 Å². The molecule has 4 nitrogen and oxygen atoms in total. The molecule has 1 aliphatic rings. The highest BCUT2D eigenvalue weighted by atomic mass is 32.2. The summed E-state index contributed by atoms with van der Waals surface area (Å²) in [7, 11) is 0. The third kappa shape index (κ3) is 2.95. The van der Waals surface area contributed by atoms with Crippen molar-refractivity contribution < 1.29 is 0 Å². The largest absolute Gasteiger partial charge is 0.317 e. The molecule has 1 saturated heterocycles. The Labute approximate surface area is 94.8 Å². The summed E-state index contributed by atoms with van der Waals surface area (Å²) in [6.07, 6.45) is 4.24. The molecule has 0 unspecified atom stereocenters. The minimum absolute atomic E-state index is 0.668. The maximum Gasteiger partial charge on any atom is 0.146 e. The third-order valence-corrected chi connectivity index (χ3v) is 3.80. The van der Waals surface area contributed by atoms with Gasteiger partial charge >= 0.3 is 0 Å². The van der Waals surface area contributed by atoms with Gasteiger partial charge in [-0.2, -0.15) is 11.8 Å². The molecule has 0 aliphatic carbocycles. The number of aryl methyl sites for hydroxylation is 1. The number of hydrogen-bond acceptors (Lipinski definition) is 4. The van der Waals surface area contributed by atoms with Crippen LogP contribution in [0.5, 0.6) is 0 Å². The molecule has 1 fully saturated rings. The predicted molar refractivity (Wildman–Crippen MR) is 62.9 cm³/mol. The molecule has 84 valence electrons. The summed E-state index contributed by atoms with van der Waals surface area (Å²) in [5.41, 5.74) is 0. The van der Waals surface area contributed by atoms with Crippen LogP contribution < -0.4 is 5.32 Å². The SMILES string of the molecule is CCCn1cnnc1CN[C@H]1CCSC1. The first-order valence-electron chi connectivity index (χ1n) is 5.58. The highest BCUT2D eigenvalue weighted by Crippen LogP contribution is 2.17. The normalized spacial score (nSPS) is 21.0. The van der Waals surface area contributed by atoms with Gasteiger partial charge < -0.3 is 9.88 Å². The van der Waals surface area contributed by atoms with Gasteiger partial charge in [-0.15, -0.1) is 10.2 Å². The van der Waals surface area contributed by atoms with E-state index in [0.717, 1.165) is 25.3 Å². The van der Waals surface area contributed by atoms with Crippen LogP contribution in [0.4, 0.5) is 0 Å². The van der Waals surface area contributed by atoms with E-state index in [1.54, 1.807) is 0 Å². The van der Waals surface area contributed by atoms with Crippen molar-refractivity contribution in [2.45, 2.75) is 38.9 Å². The Bertz CT molecular complexity index is 293. The molecule has 0 spiro atoms. The summed E-state index contributed by atoms with van der Waals surface area (Å²) in [5, 5.41) is 11.6. The van der Waals surface area contributed by atoms with Crippen LogP contribution in [0.2, 0.25) is 0 Å². The number of rotatable bonds is 5. The lowest BCUT2D eigenvalue weighted by Gasteiger charge is -2.11. The van der Waals surface area contributed by atoms with Gasteiger partial charge in [0.2, 0.25) is 0 Å². The summed E-state index contributed by atoms with van der Waals surface area (Å²) in [6, 6.07) is 0.668. The second-order valence-electron chi connectivity index (χ2n) is 3.88. The Balaban J connectivity index is 1.83. The quantitative estimate of drug-likeness (QED) is 0.821. The van der Waals surface area contributed by atoms with Gasteiger partial charge in [-0.3, -0.25) is 0 Å². The highest BCUT2D eigenvalue weighted by molar-refractivity contribution is 7.99. The standard InChI is InChI=1S/C10H18N4S/c1-2-4-14-8-12-13-10(14)6-11-9-3-5-15-7-9/h8-9,11H,2-7H2,1H3/t9-/m0/s1. The molecule has 1 atom stereocenters. The first-order valence-corrected chi connectivity index (χ1v) is 6.73. The van der Waals surface area contributed by atoms with E-state index in [1.807, 2.05) is 18.1 Å². The fourth-order valence-corrected chi connectivity index (χ4v) is 2.96. The van der Waals surface area contributed by atoms with Crippen molar-refractivity contribution in [3.63, 3.8) is 0 Å². The molecular formula is C10H18N4S. The molecule has 0 radical (unpaired) electrons. The van der Waals surface area contributed by atoms with Gasteiger partial charge in [0.05, 0.1) is 6.54 Å². The lowest BCUT2D eigenvalue weighted by atomic mass is 10.2. The average Bonchev–Trinajstić information content (AvgIpc) is 2.85. The van der Waals surface area contributed by atoms with Crippen LogP contribution in [0, 0.1) is 0 Å². The van der Waals surface area contributed by atoms with Crippen LogP contribution in [0.3, 0.4) is 0 Å². The van der Waals surface area contributed by atoms with Crippen LogP contribution in [-0.4, -0.2) is 32.3 Å². The summed E-state index contributed by atoms with van der Waals surface area (Å²) < 4.78 is 2.13. The highest BCUT2D eigenvalue weighted by Gasteiger charge is 2.15. The minimum Gasteiger partial charge on any atom is -0.317 e. The Morgan fingerprint density at radius 3 is 3.33 bits per heavy atom. The van der Waals surface area contributed by atoms with E-state index in [0.29, 0.717) is 6.04 Å². The molecule has 1 aliphatic heterocycles. The van der Waals surface area contributed by atoms with E-state index in [1.165, 1.54) is 17.9 Å². The van der Waals surface area contributed by atoms with Gasteiger partial charge in [-0.05, 0) is 18.6 Å². The van der Waals surface area contributed by atoms with Crippen LogP contribution >= 0.6 is 11.8 Å². The first-order chi connectivity index (χ1) is 7.40. The molecule has 2 rings (SSSR count). The van der Waals surface area contributed by atoms with E-state index < -0.39 is 0 Å². The average molecular weight is 226 g/mol. The van der Waals surface area contributed by atoms with E-state index in [9.17, 15) is 0 Å². The van der Waals surface area contributed by atoms with Crippen molar-refractivity contribution >= 4 is 11.8 Å². The number of hydrogen-bond donors (Lipinski definition) is 1. The number of aromatic nitrogens is 3. The molecule has 0 aromatic carbocycles. The number of nitrogens with zero attached hydrogens (tertiary/aromatic N) is 3. The second-order valence-corrected chi connectivity index (χ2v) is 5.03. The molecule has 1 aromatic heterocycles. The molecule has 0 bridgehead atoms. The maximum atomic E-state index is 4.14. The van der Waals surface area contributed by atoms with E-state index in [-0.39, 0.29) is 0 Å². The Morgan fingerprint density at radius 1 is 1.67 bits per heavy atom. The minimum atomic E-state index is 0.668. The molecule has 15 heavy (non-hydrogen) atoms. The molecule has 0 saturated carbocycles. The fraction of sp³-hybridized carbons (Fsp3) is 0.800. The number of thioether (sulfide) groups is 1. The lowest BCUT2D eigenvalue weighted by molar-refractivity contribution is 0.522. The van der Waals surface area contributed by atoms with E-state index in [2.05, 4.69) is 27.0 Å².